The van der Waals surface area contributed by atoms with E-state index in [9.17, 15) is 14.4 Å². The first-order valence-electron chi connectivity index (χ1n) is 12.0. The van der Waals surface area contributed by atoms with Crippen molar-refractivity contribution < 1.29 is 13.9 Å². The molecule has 0 unspecified atom stereocenters. The minimum Gasteiger partial charge on any atom is -0.497 e. The number of hydrogen-bond donors (Lipinski definition) is 1. The van der Waals surface area contributed by atoms with Gasteiger partial charge in [-0.2, -0.15) is 5.26 Å². The highest BCUT2D eigenvalue weighted by molar-refractivity contribution is 6.12. The molecule has 0 aliphatic rings. The highest BCUT2D eigenvalue weighted by Gasteiger charge is 2.23. The van der Waals surface area contributed by atoms with Crippen LogP contribution in [0.4, 0.5) is 4.39 Å². The fourth-order valence-corrected chi connectivity index (χ4v) is 4.42. The van der Waals surface area contributed by atoms with E-state index >= 15 is 0 Å². The van der Waals surface area contributed by atoms with Crippen molar-refractivity contribution in [1.29, 1.82) is 5.26 Å². The predicted octanol–water partition coefficient (Wildman–Crippen LogP) is 5.71. The van der Waals surface area contributed by atoms with E-state index in [-0.39, 0.29) is 17.8 Å². The van der Waals surface area contributed by atoms with Crippen LogP contribution < -0.4 is 10.5 Å². The van der Waals surface area contributed by atoms with Crippen LogP contribution >= 0.6 is 0 Å². The topological polar surface area (TPSA) is 92.2 Å². The monoisotopic (exact) mass is 496 g/mol. The van der Waals surface area contributed by atoms with Crippen LogP contribution in [0.2, 0.25) is 0 Å². The number of nitriles is 1. The number of amides is 1. The van der Waals surface area contributed by atoms with E-state index in [1.807, 2.05) is 44.2 Å². The van der Waals surface area contributed by atoms with Crippen LogP contribution in [0, 0.1) is 24.1 Å². The van der Waals surface area contributed by atoms with Crippen molar-refractivity contribution in [2.75, 3.05) is 20.7 Å². The lowest BCUT2D eigenvalue weighted by molar-refractivity contribution is 0.0788. The number of ether oxygens (including phenoxy) is 1. The van der Waals surface area contributed by atoms with Crippen molar-refractivity contribution in [2.24, 2.45) is 5.73 Å². The van der Waals surface area contributed by atoms with Crippen LogP contribution in [0.25, 0.3) is 33.2 Å². The van der Waals surface area contributed by atoms with Gasteiger partial charge >= 0.3 is 0 Å². The molecule has 0 aliphatic carbocycles. The van der Waals surface area contributed by atoms with E-state index in [0.29, 0.717) is 45.5 Å². The van der Waals surface area contributed by atoms with Gasteiger partial charge in [0.2, 0.25) is 0 Å². The van der Waals surface area contributed by atoms with Crippen LogP contribution in [-0.2, 0) is 0 Å². The molecule has 1 amide bonds. The highest BCUT2D eigenvalue weighted by Crippen LogP contribution is 2.34. The number of carbonyl (C=O) groups excluding carboxylic acids is 1. The fourth-order valence-electron chi connectivity index (χ4n) is 4.42. The lowest BCUT2D eigenvalue weighted by Gasteiger charge is -2.23. The summed E-state index contributed by atoms with van der Waals surface area (Å²) in [6.45, 7) is 4.16. The first-order chi connectivity index (χ1) is 17.7. The predicted molar refractivity (Wildman–Crippen MR) is 144 cm³/mol. The number of aryl methyl sites for hydroxylation is 1. The zero-order chi connectivity index (χ0) is 26.7. The lowest BCUT2D eigenvalue weighted by atomic mass is 9.93. The summed E-state index contributed by atoms with van der Waals surface area (Å²) in [6, 6.07) is 17.6. The molecule has 4 aromatic rings. The SMILES string of the molecule is CC[C@H](N)CN(C)C(=O)c1c(-c2cc(C)cc(F)c2)cnc2ccc(-c3cc(C#N)cc(OC)c3)cc12. The quantitative estimate of drug-likeness (QED) is 0.354. The van der Waals surface area contributed by atoms with Crippen molar-refractivity contribution in [3.63, 3.8) is 0 Å². The molecule has 2 N–H and O–H groups in total. The van der Waals surface area contributed by atoms with Crippen molar-refractivity contribution in [1.82, 2.24) is 9.88 Å². The van der Waals surface area contributed by atoms with Crippen molar-refractivity contribution in [3.05, 3.63) is 83.3 Å². The molecule has 4 rings (SSSR count). The number of hydrogen-bond acceptors (Lipinski definition) is 5. The Bertz CT molecular complexity index is 1510. The number of methoxy groups -OCH3 is 1. The van der Waals surface area contributed by atoms with E-state index < -0.39 is 0 Å². The number of likely N-dealkylation sites (N-methyl/N-ethyl adjacent to an activating group) is 1. The van der Waals surface area contributed by atoms with E-state index in [1.54, 1.807) is 37.4 Å². The smallest absolute Gasteiger partial charge is 0.255 e. The molecule has 0 spiro atoms. The fraction of sp³-hybridized carbons (Fsp3) is 0.233. The molecule has 0 saturated heterocycles. The number of nitrogens with two attached hydrogens (primary N) is 1. The Hall–Kier alpha value is -4.28. The summed E-state index contributed by atoms with van der Waals surface area (Å²) in [5, 5.41) is 10.1. The van der Waals surface area contributed by atoms with Gasteiger partial charge in [-0.05, 0) is 78.1 Å². The van der Waals surface area contributed by atoms with E-state index in [1.165, 1.54) is 12.1 Å². The minimum absolute atomic E-state index is 0.168. The maximum atomic E-state index is 14.4. The van der Waals surface area contributed by atoms with Gasteiger partial charge in [0.15, 0.2) is 0 Å². The number of nitrogens with zero attached hydrogens (tertiary/aromatic N) is 3. The second-order valence-electron chi connectivity index (χ2n) is 9.21. The zero-order valence-electron chi connectivity index (χ0n) is 21.4. The van der Waals surface area contributed by atoms with Gasteiger partial charge in [0.25, 0.3) is 5.91 Å². The second kappa shape index (κ2) is 10.8. The number of carbonyl (C=O) groups is 1. The van der Waals surface area contributed by atoms with Crippen molar-refractivity contribution in [2.45, 2.75) is 26.3 Å². The Labute approximate surface area is 216 Å². The molecular formula is C30H29FN4O2. The molecule has 37 heavy (non-hydrogen) atoms. The van der Waals surface area contributed by atoms with Gasteiger partial charge in [-0.15, -0.1) is 0 Å². The number of aromatic nitrogens is 1. The standard InChI is InChI=1S/C30H29FN4O2/c1-5-24(33)17-35(3)30(36)29-26-14-20(21-10-19(15-32)11-25(13-21)37-4)6-7-28(26)34-16-27(29)22-8-18(2)9-23(31)12-22/h6-14,16,24H,5,17,33H2,1-4H3/t24-/m0/s1. The average Bonchev–Trinajstić information content (AvgIpc) is 2.90. The largest absolute Gasteiger partial charge is 0.497 e. The maximum absolute atomic E-state index is 14.4. The van der Waals surface area contributed by atoms with E-state index in [2.05, 4.69) is 11.1 Å². The summed E-state index contributed by atoms with van der Waals surface area (Å²) < 4.78 is 19.8. The first kappa shape index (κ1) is 25.8. The molecule has 0 saturated carbocycles. The first-order valence-corrected chi connectivity index (χ1v) is 12.0. The molecule has 1 aromatic heterocycles. The van der Waals surface area contributed by atoms with Gasteiger partial charge in [0, 0.05) is 36.8 Å². The Balaban J connectivity index is 1.98. The third-order valence-electron chi connectivity index (χ3n) is 6.42. The number of benzene rings is 3. The van der Waals surface area contributed by atoms with Gasteiger partial charge < -0.3 is 15.4 Å². The Morgan fingerprint density at radius 2 is 1.92 bits per heavy atom. The van der Waals surface area contributed by atoms with E-state index in [4.69, 9.17) is 10.5 Å². The molecule has 1 heterocycles. The zero-order valence-corrected chi connectivity index (χ0v) is 21.4. The van der Waals surface area contributed by atoms with Gasteiger partial charge in [-0.3, -0.25) is 9.78 Å². The summed E-state index contributed by atoms with van der Waals surface area (Å²) in [7, 11) is 3.27. The molecule has 188 valence electrons. The number of halogens is 1. The molecule has 0 aliphatic heterocycles. The van der Waals surface area contributed by atoms with Crippen LogP contribution in [-0.4, -0.2) is 42.5 Å². The highest BCUT2D eigenvalue weighted by atomic mass is 19.1. The van der Waals surface area contributed by atoms with E-state index in [0.717, 1.165) is 23.1 Å². The molecule has 3 aromatic carbocycles. The van der Waals surface area contributed by atoms with Crippen LogP contribution in [0.5, 0.6) is 5.75 Å². The molecule has 0 fully saturated rings. The van der Waals surface area contributed by atoms with Crippen LogP contribution in [0.15, 0.2) is 60.8 Å². The van der Waals surface area contributed by atoms with Gasteiger partial charge in [-0.1, -0.05) is 19.1 Å². The molecule has 0 radical (unpaired) electrons. The van der Waals surface area contributed by atoms with Crippen molar-refractivity contribution >= 4 is 16.8 Å². The van der Waals surface area contributed by atoms with Crippen LogP contribution in [0.1, 0.15) is 34.8 Å². The molecule has 1 atom stereocenters. The van der Waals surface area contributed by atoms with Gasteiger partial charge in [0.05, 0.1) is 29.8 Å². The lowest BCUT2D eigenvalue weighted by Crippen LogP contribution is -2.38. The Morgan fingerprint density at radius 1 is 1.14 bits per heavy atom. The third kappa shape index (κ3) is 5.45. The summed E-state index contributed by atoms with van der Waals surface area (Å²) in [5.41, 5.74) is 11.1. The third-order valence-corrected chi connectivity index (χ3v) is 6.42. The summed E-state index contributed by atoms with van der Waals surface area (Å²) in [5.74, 6) is -0.0569. The normalized spacial score (nSPS) is 11.7. The molecular weight excluding hydrogens is 467 g/mol. The summed E-state index contributed by atoms with van der Waals surface area (Å²) in [4.78, 5) is 20.1. The minimum atomic E-state index is -0.385. The van der Waals surface area contributed by atoms with Crippen molar-refractivity contribution in [3.8, 4) is 34.1 Å². The summed E-state index contributed by atoms with van der Waals surface area (Å²) >= 11 is 0. The maximum Gasteiger partial charge on any atom is 0.255 e. The Morgan fingerprint density at radius 3 is 2.59 bits per heavy atom. The number of fused-ring (bicyclic) bond motifs is 1. The van der Waals surface area contributed by atoms with Crippen LogP contribution in [0.3, 0.4) is 0 Å². The number of rotatable bonds is 7. The van der Waals surface area contributed by atoms with Gasteiger partial charge in [-0.25, -0.2) is 4.39 Å². The average molecular weight is 497 g/mol. The second-order valence-corrected chi connectivity index (χ2v) is 9.21. The summed E-state index contributed by atoms with van der Waals surface area (Å²) in [6.07, 6.45) is 2.35. The Kier molecular flexibility index (Phi) is 7.51. The molecule has 7 heteroatoms. The number of pyridine rings is 1. The molecule has 6 nitrogen and oxygen atoms in total. The molecule has 0 bridgehead atoms. The van der Waals surface area contributed by atoms with Gasteiger partial charge in [0.1, 0.15) is 11.6 Å².